The van der Waals surface area contributed by atoms with Crippen LogP contribution in [0.25, 0.3) is 21.9 Å². The van der Waals surface area contributed by atoms with Gasteiger partial charge in [-0.2, -0.15) is 0 Å². The van der Waals surface area contributed by atoms with Crippen molar-refractivity contribution in [2.45, 2.75) is 109 Å². The Morgan fingerprint density at radius 1 is 0.605 bits per heavy atom. The lowest BCUT2D eigenvalue weighted by Crippen LogP contribution is -2.27. The summed E-state index contributed by atoms with van der Waals surface area (Å²) in [5, 5.41) is 2.73. The molecule has 0 saturated heterocycles. The van der Waals surface area contributed by atoms with E-state index in [0.29, 0.717) is 11.8 Å². The van der Waals surface area contributed by atoms with Crippen molar-refractivity contribution in [1.82, 2.24) is 0 Å². The standard InChI is InChI=1S/C41H46O2/c1-21-13-14-28-25(18-21)35-36(37(28,5)6)33-29(38(35,7)8)15-16-30-32(33)27-20-24(4)31-23(3)17-22(2)19-26(31)34(27)40(10)39(30,9)41(40,42-11)43-12/h13-20,35-36H,1-12H3. The van der Waals surface area contributed by atoms with Crippen LogP contribution in [0.5, 0.6) is 0 Å². The number of methoxy groups -OCH3 is 2. The minimum absolute atomic E-state index is 0.00931. The molecule has 0 aromatic heterocycles. The van der Waals surface area contributed by atoms with Crippen LogP contribution in [-0.4, -0.2) is 20.0 Å². The van der Waals surface area contributed by atoms with E-state index in [0.717, 1.165) is 0 Å². The van der Waals surface area contributed by atoms with Gasteiger partial charge in [0, 0.05) is 26.1 Å². The summed E-state index contributed by atoms with van der Waals surface area (Å²) in [5.74, 6) is 0.0641. The van der Waals surface area contributed by atoms with E-state index >= 15 is 0 Å². The number of hydrogen-bond donors (Lipinski definition) is 0. The van der Waals surface area contributed by atoms with Gasteiger partial charge in [-0.3, -0.25) is 0 Å². The van der Waals surface area contributed by atoms with Gasteiger partial charge in [0.25, 0.3) is 0 Å². The van der Waals surface area contributed by atoms with Crippen molar-refractivity contribution < 1.29 is 9.47 Å². The molecule has 1 fully saturated rings. The molecule has 0 radical (unpaired) electrons. The molecule has 0 spiro atoms. The predicted molar refractivity (Wildman–Crippen MR) is 178 cm³/mol. The molecule has 8 rings (SSSR count). The van der Waals surface area contributed by atoms with Gasteiger partial charge in [-0.1, -0.05) is 87.4 Å². The lowest BCUT2D eigenvalue weighted by atomic mass is 9.66. The fourth-order valence-corrected chi connectivity index (χ4v) is 11.5. The van der Waals surface area contributed by atoms with E-state index in [-0.39, 0.29) is 21.7 Å². The fraction of sp³-hybridized carbons (Fsp3) is 0.463. The number of hydrogen-bond acceptors (Lipinski definition) is 2. The summed E-state index contributed by atoms with van der Waals surface area (Å²) >= 11 is 0. The first kappa shape index (κ1) is 27.6. The van der Waals surface area contributed by atoms with Gasteiger partial charge in [0.05, 0.1) is 10.8 Å². The van der Waals surface area contributed by atoms with E-state index in [9.17, 15) is 0 Å². The highest BCUT2D eigenvalue weighted by Gasteiger charge is 2.88. The van der Waals surface area contributed by atoms with Crippen LogP contribution in [0.2, 0.25) is 0 Å². The molecule has 4 aromatic carbocycles. The lowest BCUT2D eigenvalue weighted by molar-refractivity contribution is -0.154. The van der Waals surface area contributed by atoms with Gasteiger partial charge in [-0.05, 0) is 119 Å². The first-order chi connectivity index (χ1) is 20.1. The Bertz CT molecular complexity index is 1940. The molecule has 43 heavy (non-hydrogen) atoms. The molecule has 4 aromatic rings. The number of benzene rings is 4. The van der Waals surface area contributed by atoms with Crippen LogP contribution in [0.4, 0.5) is 0 Å². The van der Waals surface area contributed by atoms with Crippen LogP contribution >= 0.6 is 0 Å². The monoisotopic (exact) mass is 570 g/mol. The van der Waals surface area contributed by atoms with Crippen molar-refractivity contribution in [3.63, 3.8) is 0 Å². The smallest absolute Gasteiger partial charge is 0.188 e. The second kappa shape index (κ2) is 7.82. The number of aryl methyl sites for hydroxylation is 4. The summed E-state index contributed by atoms with van der Waals surface area (Å²) in [6, 6.07) is 19.4. The van der Waals surface area contributed by atoms with Crippen molar-refractivity contribution >= 4 is 10.8 Å². The topological polar surface area (TPSA) is 18.5 Å². The van der Waals surface area contributed by atoms with Gasteiger partial charge in [0.2, 0.25) is 0 Å². The Morgan fingerprint density at radius 2 is 1.21 bits per heavy atom. The van der Waals surface area contributed by atoms with Gasteiger partial charge in [0.1, 0.15) is 0 Å². The quantitative estimate of drug-likeness (QED) is 0.223. The maximum absolute atomic E-state index is 6.53. The molecule has 0 aliphatic heterocycles. The van der Waals surface area contributed by atoms with E-state index in [1.807, 2.05) is 14.2 Å². The molecule has 0 bridgehead atoms. The molecule has 4 aliphatic carbocycles. The minimum Gasteiger partial charge on any atom is -0.351 e. The Kier molecular flexibility index (Phi) is 5.02. The first-order valence-electron chi connectivity index (χ1n) is 16.1. The zero-order valence-electron chi connectivity index (χ0n) is 28.1. The summed E-state index contributed by atoms with van der Waals surface area (Å²) in [6.45, 7) is 23.8. The molecule has 4 unspecified atom stereocenters. The van der Waals surface area contributed by atoms with Gasteiger partial charge in [-0.25, -0.2) is 0 Å². The van der Waals surface area contributed by atoms with E-state index in [4.69, 9.17) is 9.47 Å². The average Bonchev–Trinajstić information content (AvgIpc) is 3.10. The van der Waals surface area contributed by atoms with Crippen LogP contribution < -0.4 is 0 Å². The third kappa shape index (κ3) is 2.66. The molecule has 4 aliphatic rings. The Morgan fingerprint density at radius 3 is 1.88 bits per heavy atom. The second-order valence-corrected chi connectivity index (χ2v) is 15.8. The zero-order chi connectivity index (χ0) is 30.8. The number of ether oxygens (including phenoxy) is 2. The third-order valence-electron chi connectivity index (χ3n) is 13.3. The van der Waals surface area contributed by atoms with Crippen molar-refractivity contribution in [3.05, 3.63) is 104 Å². The van der Waals surface area contributed by atoms with Crippen molar-refractivity contribution in [1.29, 1.82) is 0 Å². The molecule has 1 saturated carbocycles. The number of rotatable bonds is 2. The second-order valence-electron chi connectivity index (χ2n) is 15.8. The van der Waals surface area contributed by atoms with Crippen LogP contribution in [0.15, 0.2) is 48.5 Å². The van der Waals surface area contributed by atoms with Crippen molar-refractivity contribution in [2.24, 2.45) is 0 Å². The van der Waals surface area contributed by atoms with Crippen LogP contribution in [0.1, 0.15) is 109 Å². The van der Waals surface area contributed by atoms with Gasteiger partial charge in [0.15, 0.2) is 5.79 Å². The molecular formula is C41H46O2. The molecule has 222 valence electrons. The molecule has 2 heteroatoms. The lowest BCUT2D eigenvalue weighted by Gasteiger charge is -2.36. The first-order valence-corrected chi connectivity index (χ1v) is 16.1. The minimum atomic E-state index is -0.757. The normalized spacial score (nSPS) is 29.4. The van der Waals surface area contributed by atoms with Gasteiger partial charge >= 0.3 is 0 Å². The Labute approximate surface area is 257 Å². The summed E-state index contributed by atoms with van der Waals surface area (Å²) in [7, 11) is 3.69. The van der Waals surface area contributed by atoms with Crippen molar-refractivity contribution in [2.75, 3.05) is 14.2 Å². The summed E-state index contributed by atoms with van der Waals surface area (Å²) in [4.78, 5) is 0. The largest absolute Gasteiger partial charge is 0.351 e. The highest BCUT2D eigenvalue weighted by Crippen LogP contribution is 2.81. The maximum atomic E-state index is 6.53. The Balaban J connectivity index is 1.56. The highest BCUT2D eigenvalue weighted by atomic mass is 16.7. The van der Waals surface area contributed by atoms with Crippen molar-refractivity contribution in [3.8, 4) is 11.1 Å². The van der Waals surface area contributed by atoms with Gasteiger partial charge < -0.3 is 9.47 Å². The fourth-order valence-electron chi connectivity index (χ4n) is 11.5. The van der Waals surface area contributed by atoms with Crippen LogP contribution in [0, 0.1) is 27.7 Å². The molecule has 0 heterocycles. The highest BCUT2D eigenvalue weighted by molar-refractivity contribution is 6.02. The van der Waals surface area contributed by atoms with E-state index in [1.165, 1.54) is 66.4 Å². The molecule has 0 N–H and O–H groups in total. The van der Waals surface area contributed by atoms with Crippen LogP contribution in [-0.2, 0) is 31.1 Å². The van der Waals surface area contributed by atoms with E-state index in [2.05, 4.69) is 118 Å². The van der Waals surface area contributed by atoms with E-state index in [1.54, 1.807) is 11.1 Å². The molecule has 0 amide bonds. The van der Waals surface area contributed by atoms with E-state index < -0.39 is 5.79 Å². The molecular weight excluding hydrogens is 524 g/mol. The van der Waals surface area contributed by atoms with Gasteiger partial charge in [-0.15, -0.1) is 0 Å². The van der Waals surface area contributed by atoms with Crippen LogP contribution in [0.3, 0.4) is 0 Å². The summed E-state index contributed by atoms with van der Waals surface area (Å²) < 4.78 is 13.1. The summed E-state index contributed by atoms with van der Waals surface area (Å²) in [6.07, 6.45) is 0. The zero-order valence-corrected chi connectivity index (χ0v) is 28.1. The third-order valence-corrected chi connectivity index (χ3v) is 13.3. The average molecular weight is 571 g/mol. The number of fused-ring (bicyclic) bond motifs is 14. The predicted octanol–water partition coefficient (Wildman–Crippen LogP) is 9.72. The molecule has 2 nitrogen and oxygen atoms in total. The SMILES string of the molecule is COC1(OC)C2(C)c3ccc4c(c3-c3cc(C)c5c(C)cc(C)cc5c3C12C)C1C(c2cc(C)ccc2C1(C)C)C4(C)C. The maximum Gasteiger partial charge on any atom is 0.188 e. The summed E-state index contributed by atoms with van der Waals surface area (Å²) in [5.41, 5.74) is 16.4. The molecule has 4 atom stereocenters. The Hall–Kier alpha value is -2.94.